The van der Waals surface area contributed by atoms with Crippen LogP contribution in [-0.4, -0.2) is 33.0 Å². The molecule has 1 aliphatic carbocycles. The summed E-state index contributed by atoms with van der Waals surface area (Å²) in [6.07, 6.45) is 4.43. The van der Waals surface area contributed by atoms with Gasteiger partial charge in [-0.2, -0.15) is 0 Å². The molecular formula is C13H20N2O4S2. The Morgan fingerprint density at radius 1 is 1.52 bits per heavy atom. The number of sulfonamides is 1. The van der Waals surface area contributed by atoms with Crippen LogP contribution in [0.15, 0.2) is 9.72 Å². The molecule has 0 spiro atoms. The number of methoxy groups -OCH3 is 1. The van der Waals surface area contributed by atoms with Crippen LogP contribution in [0.4, 0.5) is 0 Å². The number of ether oxygens (including phenoxy) is 1. The van der Waals surface area contributed by atoms with Crippen molar-refractivity contribution in [3.8, 4) is 0 Å². The Hall–Kier alpha value is -0.990. The highest BCUT2D eigenvalue weighted by Crippen LogP contribution is 2.28. The number of aromatic nitrogens is 1. The molecule has 0 radical (unpaired) electrons. The zero-order valence-corrected chi connectivity index (χ0v) is 13.8. The van der Waals surface area contributed by atoms with E-state index in [-0.39, 0.29) is 9.90 Å². The monoisotopic (exact) mass is 332 g/mol. The van der Waals surface area contributed by atoms with Crippen molar-refractivity contribution in [2.75, 3.05) is 13.7 Å². The van der Waals surface area contributed by atoms with Gasteiger partial charge < -0.3 is 4.74 Å². The van der Waals surface area contributed by atoms with E-state index in [0.29, 0.717) is 18.4 Å². The highest BCUT2D eigenvalue weighted by Gasteiger charge is 2.28. The van der Waals surface area contributed by atoms with Gasteiger partial charge in [-0.3, -0.25) is 0 Å². The lowest BCUT2D eigenvalue weighted by atomic mass is 9.83. The largest absolute Gasteiger partial charge is 0.464 e. The van der Waals surface area contributed by atoms with E-state index < -0.39 is 16.0 Å². The summed E-state index contributed by atoms with van der Waals surface area (Å²) >= 11 is 0.925. The van der Waals surface area contributed by atoms with E-state index in [9.17, 15) is 13.2 Å². The maximum atomic E-state index is 12.3. The summed E-state index contributed by atoms with van der Waals surface area (Å²) in [6, 6.07) is 0. The smallest absolute Gasteiger partial charge is 0.358 e. The number of thiazole rings is 1. The molecule has 1 aliphatic rings. The standard InChI is InChI=1S/C13H20N2O4S2/c1-9-4-3-5-10(6-9)7-15-21(17,18)13-11(12(16)19-2)14-8-20-13/h8-10,15H,3-7H2,1-2H3. The molecule has 118 valence electrons. The molecule has 6 nitrogen and oxygen atoms in total. The third kappa shape index (κ3) is 4.02. The van der Waals surface area contributed by atoms with E-state index in [1.807, 2.05) is 0 Å². The van der Waals surface area contributed by atoms with Crippen molar-refractivity contribution < 1.29 is 17.9 Å². The topological polar surface area (TPSA) is 85.4 Å². The molecule has 8 heteroatoms. The molecule has 1 saturated carbocycles. The van der Waals surface area contributed by atoms with Crippen LogP contribution in [0.2, 0.25) is 0 Å². The van der Waals surface area contributed by atoms with Crippen molar-refractivity contribution in [1.82, 2.24) is 9.71 Å². The first-order valence-corrected chi connectivity index (χ1v) is 9.31. The minimum atomic E-state index is -3.71. The zero-order chi connectivity index (χ0) is 15.5. The number of carbonyl (C=O) groups is 1. The average molecular weight is 332 g/mol. The number of hydrogen-bond acceptors (Lipinski definition) is 6. The van der Waals surface area contributed by atoms with E-state index in [1.165, 1.54) is 19.0 Å². The SMILES string of the molecule is COC(=O)c1ncsc1S(=O)(=O)NCC1CCCC(C)C1. The lowest BCUT2D eigenvalue weighted by Gasteiger charge is -2.26. The number of esters is 1. The van der Waals surface area contributed by atoms with Crippen molar-refractivity contribution in [3.63, 3.8) is 0 Å². The van der Waals surface area contributed by atoms with Gasteiger partial charge in [-0.15, -0.1) is 11.3 Å². The number of rotatable bonds is 5. The summed E-state index contributed by atoms with van der Waals surface area (Å²) in [7, 11) is -2.51. The van der Waals surface area contributed by atoms with E-state index in [4.69, 9.17) is 0 Å². The van der Waals surface area contributed by atoms with Crippen LogP contribution in [0.3, 0.4) is 0 Å². The summed E-state index contributed by atoms with van der Waals surface area (Å²) < 4.78 is 31.7. The molecule has 1 N–H and O–H groups in total. The number of nitrogens with zero attached hydrogens (tertiary/aromatic N) is 1. The molecule has 0 aliphatic heterocycles. The van der Waals surface area contributed by atoms with Gasteiger partial charge in [0.25, 0.3) is 10.0 Å². The van der Waals surface area contributed by atoms with Crippen LogP contribution in [0.1, 0.15) is 43.1 Å². The molecule has 2 unspecified atom stereocenters. The molecule has 1 aromatic heterocycles. The van der Waals surface area contributed by atoms with Crippen LogP contribution in [0.5, 0.6) is 0 Å². The fourth-order valence-electron chi connectivity index (χ4n) is 2.70. The summed E-state index contributed by atoms with van der Waals surface area (Å²) in [6.45, 7) is 2.60. The number of carbonyl (C=O) groups excluding carboxylic acids is 1. The molecule has 0 bridgehead atoms. The maximum absolute atomic E-state index is 12.3. The normalized spacial score (nSPS) is 23.0. The first kappa shape index (κ1) is 16.4. The van der Waals surface area contributed by atoms with Gasteiger partial charge in [0.1, 0.15) is 0 Å². The number of nitrogens with one attached hydrogen (secondary N) is 1. The minimum absolute atomic E-state index is 0.0711. The van der Waals surface area contributed by atoms with Gasteiger partial charge in [-0.25, -0.2) is 22.9 Å². The third-order valence-corrected chi connectivity index (χ3v) is 6.56. The minimum Gasteiger partial charge on any atom is -0.464 e. The van der Waals surface area contributed by atoms with Gasteiger partial charge in [0.05, 0.1) is 12.6 Å². The maximum Gasteiger partial charge on any atom is 0.358 e. The van der Waals surface area contributed by atoms with Gasteiger partial charge in [0, 0.05) is 6.54 Å². The van der Waals surface area contributed by atoms with Crippen molar-refractivity contribution in [3.05, 3.63) is 11.2 Å². The fourth-order valence-corrected chi connectivity index (χ4v) is 4.99. The highest BCUT2D eigenvalue weighted by molar-refractivity contribution is 7.91. The second kappa shape index (κ2) is 6.85. The first-order valence-electron chi connectivity index (χ1n) is 6.95. The predicted molar refractivity (Wildman–Crippen MR) is 79.8 cm³/mol. The summed E-state index contributed by atoms with van der Waals surface area (Å²) in [4.78, 5) is 15.3. The molecule has 0 amide bonds. The Bertz CT molecular complexity index is 597. The zero-order valence-electron chi connectivity index (χ0n) is 12.2. The Morgan fingerprint density at radius 2 is 2.29 bits per heavy atom. The molecule has 0 aromatic carbocycles. The second-order valence-electron chi connectivity index (χ2n) is 5.47. The average Bonchev–Trinajstić information content (AvgIpc) is 2.95. The van der Waals surface area contributed by atoms with E-state index in [0.717, 1.165) is 30.6 Å². The molecule has 1 aromatic rings. The Morgan fingerprint density at radius 3 is 2.95 bits per heavy atom. The van der Waals surface area contributed by atoms with Crippen molar-refractivity contribution in [1.29, 1.82) is 0 Å². The van der Waals surface area contributed by atoms with E-state index >= 15 is 0 Å². The lowest BCUT2D eigenvalue weighted by molar-refractivity contribution is 0.0590. The molecule has 21 heavy (non-hydrogen) atoms. The molecule has 1 heterocycles. The molecule has 2 atom stereocenters. The molecule has 2 rings (SSSR count). The Labute approximate surface area is 129 Å². The van der Waals surface area contributed by atoms with Crippen LogP contribution in [-0.2, 0) is 14.8 Å². The summed E-state index contributed by atoms with van der Waals surface area (Å²) in [5.74, 6) is 0.267. The van der Waals surface area contributed by atoms with Crippen LogP contribution >= 0.6 is 11.3 Å². The summed E-state index contributed by atoms with van der Waals surface area (Å²) in [5.41, 5.74) is 1.19. The van der Waals surface area contributed by atoms with E-state index in [1.54, 1.807) is 0 Å². The van der Waals surface area contributed by atoms with Crippen molar-refractivity contribution in [2.24, 2.45) is 11.8 Å². The molecular weight excluding hydrogens is 312 g/mol. The van der Waals surface area contributed by atoms with E-state index in [2.05, 4.69) is 21.4 Å². The van der Waals surface area contributed by atoms with Gasteiger partial charge in [0.15, 0.2) is 9.90 Å². The van der Waals surface area contributed by atoms with Crippen LogP contribution in [0, 0.1) is 11.8 Å². The fraction of sp³-hybridized carbons (Fsp3) is 0.692. The van der Waals surface area contributed by atoms with Gasteiger partial charge in [-0.05, 0) is 24.7 Å². The second-order valence-corrected chi connectivity index (χ2v) is 8.29. The van der Waals surface area contributed by atoms with Crippen molar-refractivity contribution >= 4 is 27.3 Å². The molecule has 0 saturated heterocycles. The Kier molecular flexibility index (Phi) is 5.34. The van der Waals surface area contributed by atoms with Crippen LogP contribution in [0.25, 0.3) is 0 Å². The highest BCUT2D eigenvalue weighted by atomic mass is 32.2. The van der Waals surface area contributed by atoms with Crippen molar-refractivity contribution in [2.45, 2.75) is 36.8 Å². The quantitative estimate of drug-likeness (QED) is 0.834. The third-order valence-electron chi connectivity index (χ3n) is 3.76. The van der Waals surface area contributed by atoms with Gasteiger partial charge in [-0.1, -0.05) is 19.8 Å². The Balaban J connectivity index is 2.05. The summed E-state index contributed by atoms with van der Waals surface area (Å²) in [5, 5.41) is 0. The molecule has 1 fully saturated rings. The predicted octanol–water partition coefficient (Wildman–Crippen LogP) is 2.03. The lowest BCUT2D eigenvalue weighted by Crippen LogP contribution is -2.32. The number of hydrogen-bond donors (Lipinski definition) is 1. The van der Waals surface area contributed by atoms with Gasteiger partial charge in [0.2, 0.25) is 0 Å². The first-order chi connectivity index (χ1) is 9.94. The van der Waals surface area contributed by atoms with Gasteiger partial charge >= 0.3 is 5.97 Å². The van der Waals surface area contributed by atoms with Crippen LogP contribution < -0.4 is 4.72 Å².